The number of ether oxygens (including phenoxy) is 1. The van der Waals surface area contributed by atoms with Gasteiger partial charge in [0.05, 0.1) is 12.7 Å². The van der Waals surface area contributed by atoms with Gasteiger partial charge in [-0.25, -0.2) is 0 Å². The first-order chi connectivity index (χ1) is 10.0. The van der Waals surface area contributed by atoms with Crippen LogP contribution in [-0.4, -0.2) is 61.3 Å². The van der Waals surface area contributed by atoms with Crippen molar-refractivity contribution in [2.45, 2.75) is 65.5 Å². The van der Waals surface area contributed by atoms with E-state index in [0.717, 1.165) is 37.6 Å². The molecule has 1 unspecified atom stereocenters. The van der Waals surface area contributed by atoms with E-state index in [0.29, 0.717) is 6.10 Å². The Morgan fingerprint density at radius 3 is 2.38 bits per heavy atom. The van der Waals surface area contributed by atoms with Crippen molar-refractivity contribution in [1.82, 2.24) is 9.80 Å². The third-order valence-corrected chi connectivity index (χ3v) is 5.19. The Morgan fingerprint density at radius 2 is 1.76 bits per heavy atom. The van der Waals surface area contributed by atoms with Crippen molar-refractivity contribution in [2.75, 3.05) is 39.3 Å². The van der Waals surface area contributed by atoms with Gasteiger partial charge in [-0.15, -0.1) is 0 Å². The summed E-state index contributed by atoms with van der Waals surface area (Å²) in [5, 5.41) is 0. The van der Waals surface area contributed by atoms with Crippen LogP contribution in [0.1, 0.15) is 53.4 Å². The first-order valence-electron chi connectivity index (χ1n) is 9.12. The first kappa shape index (κ1) is 17.2. The van der Waals surface area contributed by atoms with Gasteiger partial charge in [0.25, 0.3) is 0 Å². The van der Waals surface area contributed by atoms with Gasteiger partial charge >= 0.3 is 0 Å². The van der Waals surface area contributed by atoms with Crippen LogP contribution >= 0.6 is 0 Å². The molecule has 2 rings (SSSR count). The zero-order chi connectivity index (χ0) is 15.2. The van der Waals surface area contributed by atoms with Gasteiger partial charge in [0.1, 0.15) is 0 Å². The highest BCUT2D eigenvalue weighted by Crippen LogP contribution is 2.23. The molecular formula is C18H36N2O. The average Bonchev–Trinajstić information content (AvgIpc) is 2.45. The topological polar surface area (TPSA) is 15.7 Å². The number of likely N-dealkylation sites (tertiary alicyclic amines) is 1. The largest absolute Gasteiger partial charge is 0.376 e. The van der Waals surface area contributed by atoms with Crippen molar-refractivity contribution in [1.29, 1.82) is 0 Å². The lowest BCUT2D eigenvalue weighted by Crippen LogP contribution is -2.44. The standard InChI is InChI=1S/C18H36N2O/c1-15(2)13-18-14-19(11-12-21-18)8-5-17-6-9-20(10-7-17)16(3)4/h15-18H,5-14H2,1-4H3. The fourth-order valence-electron chi connectivity index (χ4n) is 3.78. The zero-order valence-electron chi connectivity index (χ0n) is 14.7. The Labute approximate surface area is 132 Å². The lowest BCUT2D eigenvalue weighted by Gasteiger charge is -2.37. The van der Waals surface area contributed by atoms with Crippen molar-refractivity contribution in [3.8, 4) is 0 Å². The summed E-state index contributed by atoms with van der Waals surface area (Å²) in [6, 6.07) is 0.724. The van der Waals surface area contributed by atoms with Crippen LogP contribution in [-0.2, 0) is 4.74 Å². The maximum atomic E-state index is 5.90. The highest BCUT2D eigenvalue weighted by Gasteiger charge is 2.24. The molecule has 3 heteroatoms. The average molecular weight is 296 g/mol. The molecule has 2 heterocycles. The molecule has 0 amide bonds. The molecule has 0 aromatic carbocycles. The van der Waals surface area contributed by atoms with E-state index in [2.05, 4.69) is 37.5 Å². The quantitative estimate of drug-likeness (QED) is 0.748. The van der Waals surface area contributed by atoms with E-state index >= 15 is 0 Å². The van der Waals surface area contributed by atoms with E-state index in [1.165, 1.54) is 45.3 Å². The summed E-state index contributed by atoms with van der Waals surface area (Å²) in [5.74, 6) is 1.70. The van der Waals surface area contributed by atoms with Crippen LogP contribution < -0.4 is 0 Å². The highest BCUT2D eigenvalue weighted by atomic mass is 16.5. The van der Waals surface area contributed by atoms with E-state index in [1.54, 1.807) is 0 Å². The number of piperidine rings is 1. The SMILES string of the molecule is CC(C)CC1CN(CCC2CCN(C(C)C)CC2)CCO1. The van der Waals surface area contributed by atoms with E-state index in [-0.39, 0.29) is 0 Å². The van der Waals surface area contributed by atoms with E-state index < -0.39 is 0 Å². The van der Waals surface area contributed by atoms with Gasteiger partial charge < -0.3 is 9.64 Å². The lowest BCUT2D eigenvalue weighted by atomic mass is 9.92. The molecule has 0 aromatic rings. The molecule has 0 bridgehead atoms. The molecule has 2 saturated heterocycles. The smallest absolute Gasteiger partial charge is 0.0705 e. The van der Waals surface area contributed by atoms with Gasteiger partial charge in [-0.3, -0.25) is 4.90 Å². The summed E-state index contributed by atoms with van der Waals surface area (Å²) in [6.45, 7) is 16.4. The van der Waals surface area contributed by atoms with Crippen molar-refractivity contribution < 1.29 is 4.74 Å². The summed E-state index contributed by atoms with van der Waals surface area (Å²) in [4.78, 5) is 5.27. The summed E-state index contributed by atoms with van der Waals surface area (Å²) in [6.07, 6.45) is 5.88. The molecule has 0 spiro atoms. The van der Waals surface area contributed by atoms with Crippen molar-refractivity contribution in [3.05, 3.63) is 0 Å². The second kappa shape index (κ2) is 8.50. The first-order valence-corrected chi connectivity index (χ1v) is 9.12. The Kier molecular flexibility index (Phi) is 6.97. The zero-order valence-corrected chi connectivity index (χ0v) is 14.7. The number of hydrogen-bond donors (Lipinski definition) is 0. The summed E-state index contributed by atoms with van der Waals surface area (Å²) in [5.41, 5.74) is 0. The monoisotopic (exact) mass is 296 g/mol. The molecule has 0 radical (unpaired) electrons. The third-order valence-electron chi connectivity index (χ3n) is 5.19. The summed E-state index contributed by atoms with van der Waals surface area (Å²) < 4.78 is 5.90. The second-order valence-corrected chi connectivity index (χ2v) is 7.78. The summed E-state index contributed by atoms with van der Waals surface area (Å²) >= 11 is 0. The van der Waals surface area contributed by atoms with Crippen LogP contribution in [0, 0.1) is 11.8 Å². The normalized spacial score (nSPS) is 26.9. The molecule has 0 aromatic heterocycles. The molecule has 2 aliphatic heterocycles. The predicted octanol–water partition coefficient (Wildman–Crippen LogP) is 3.24. The Balaban J connectivity index is 1.64. The van der Waals surface area contributed by atoms with Crippen molar-refractivity contribution in [3.63, 3.8) is 0 Å². The van der Waals surface area contributed by atoms with Crippen LogP contribution in [0.4, 0.5) is 0 Å². The molecule has 0 saturated carbocycles. The van der Waals surface area contributed by atoms with Gasteiger partial charge in [0, 0.05) is 19.1 Å². The maximum absolute atomic E-state index is 5.90. The Hall–Kier alpha value is -0.120. The fourth-order valence-corrected chi connectivity index (χ4v) is 3.78. The number of hydrogen-bond acceptors (Lipinski definition) is 3. The molecule has 2 aliphatic rings. The molecule has 21 heavy (non-hydrogen) atoms. The third kappa shape index (κ3) is 5.88. The van der Waals surface area contributed by atoms with Gasteiger partial charge in [-0.2, -0.15) is 0 Å². The minimum absolute atomic E-state index is 0.474. The van der Waals surface area contributed by atoms with E-state index in [9.17, 15) is 0 Å². The maximum Gasteiger partial charge on any atom is 0.0705 e. The molecule has 124 valence electrons. The van der Waals surface area contributed by atoms with Crippen LogP contribution in [0.3, 0.4) is 0 Å². The van der Waals surface area contributed by atoms with Crippen LogP contribution in [0.5, 0.6) is 0 Å². The Bertz CT molecular complexity index is 285. The van der Waals surface area contributed by atoms with Gasteiger partial charge in [-0.05, 0) is 71.0 Å². The van der Waals surface area contributed by atoms with E-state index in [4.69, 9.17) is 4.74 Å². The molecule has 2 fully saturated rings. The molecule has 3 nitrogen and oxygen atoms in total. The van der Waals surface area contributed by atoms with Crippen LogP contribution in [0.15, 0.2) is 0 Å². The molecule has 0 N–H and O–H groups in total. The second-order valence-electron chi connectivity index (χ2n) is 7.78. The predicted molar refractivity (Wildman–Crippen MR) is 89.7 cm³/mol. The minimum Gasteiger partial charge on any atom is -0.376 e. The van der Waals surface area contributed by atoms with Crippen molar-refractivity contribution >= 4 is 0 Å². The Morgan fingerprint density at radius 1 is 1.05 bits per heavy atom. The minimum atomic E-state index is 0.474. The van der Waals surface area contributed by atoms with Gasteiger partial charge in [0.15, 0.2) is 0 Å². The molecule has 0 aliphatic carbocycles. The lowest BCUT2D eigenvalue weighted by molar-refractivity contribution is -0.0392. The van der Waals surface area contributed by atoms with Crippen LogP contribution in [0.25, 0.3) is 0 Å². The number of rotatable bonds is 6. The molecule has 1 atom stereocenters. The number of morpholine rings is 1. The highest BCUT2D eigenvalue weighted by molar-refractivity contribution is 4.77. The van der Waals surface area contributed by atoms with E-state index in [1.807, 2.05) is 0 Å². The van der Waals surface area contributed by atoms with Gasteiger partial charge in [0.2, 0.25) is 0 Å². The molecular weight excluding hydrogens is 260 g/mol. The van der Waals surface area contributed by atoms with Crippen molar-refractivity contribution in [2.24, 2.45) is 11.8 Å². The fraction of sp³-hybridized carbons (Fsp3) is 1.00. The summed E-state index contributed by atoms with van der Waals surface area (Å²) in [7, 11) is 0. The van der Waals surface area contributed by atoms with Crippen LogP contribution in [0.2, 0.25) is 0 Å². The van der Waals surface area contributed by atoms with Gasteiger partial charge in [-0.1, -0.05) is 13.8 Å². The number of nitrogens with zero attached hydrogens (tertiary/aromatic N) is 2.